The molecule has 0 radical (unpaired) electrons. The fourth-order valence-corrected chi connectivity index (χ4v) is 1.65. The van der Waals surface area contributed by atoms with Crippen molar-refractivity contribution in [2.75, 3.05) is 7.11 Å². The number of ether oxygens (including phenoxy) is 1. The molecule has 1 amide bonds. The molecule has 0 bridgehead atoms. The fraction of sp³-hybridized carbons (Fsp3) is 0.308. The van der Waals surface area contributed by atoms with Gasteiger partial charge in [0.15, 0.2) is 0 Å². The summed E-state index contributed by atoms with van der Waals surface area (Å²) in [6.07, 6.45) is -1.06. The third kappa shape index (κ3) is 5.55. The average molecular weight is 301 g/mol. The predicted octanol–water partition coefficient (Wildman–Crippen LogP) is 0.640. The smallest absolute Gasteiger partial charge is 0.328 e. The molecular weight excluding hydrogens is 288 g/mol. The van der Waals surface area contributed by atoms with Crippen molar-refractivity contribution in [1.29, 1.82) is 0 Å². The Hall–Kier alpha value is -2.51. The Bertz CT molecular complexity index is 541. The van der Waals surface area contributed by atoms with Gasteiger partial charge in [-0.1, -0.05) is 0 Å². The minimum Gasteiger partial charge on any atom is -0.481 e. The number of carbonyl (C=O) groups excluding carboxylic acids is 2. The van der Waals surface area contributed by atoms with Gasteiger partial charge >= 0.3 is 11.9 Å². The molecule has 2 N–H and O–H groups in total. The lowest BCUT2D eigenvalue weighted by molar-refractivity contribution is -0.149. The van der Waals surface area contributed by atoms with E-state index in [9.17, 15) is 23.2 Å². The zero-order valence-corrected chi connectivity index (χ0v) is 11.1. The molecule has 0 unspecified atom stereocenters. The molecular formula is C13H13F2NO5. The van der Waals surface area contributed by atoms with E-state index in [0.717, 1.165) is 19.2 Å². The molecule has 8 heteroatoms. The molecule has 6 nitrogen and oxygen atoms in total. The highest BCUT2D eigenvalue weighted by Gasteiger charge is 2.24. The van der Waals surface area contributed by atoms with Gasteiger partial charge in [0.1, 0.15) is 17.7 Å². The highest BCUT2D eigenvalue weighted by atomic mass is 19.1. The maximum Gasteiger partial charge on any atom is 0.328 e. The number of methoxy groups -OCH3 is 1. The maximum atomic E-state index is 13.0. The first kappa shape index (κ1) is 16.5. The maximum absolute atomic E-state index is 13.0. The van der Waals surface area contributed by atoms with Gasteiger partial charge in [0, 0.05) is 6.07 Å². The van der Waals surface area contributed by atoms with E-state index in [1.54, 1.807) is 0 Å². The van der Waals surface area contributed by atoms with Crippen LogP contribution in [0.1, 0.15) is 12.0 Å². The largest absolute Gasteiger partial charge is 0.481 e. The summed E-state index contributed by atoms with van der Waals surface area (Å²) in [6.45, 7) is 0. The molecule has 0 spiro atoms. The summed E-state index contributed by atoms with van der Waals surface area (Å²) in [5.41, 5.74) is 0.0592. The van der Waals surface area contributed by atoms with Crippen molar-refractivity contribution < 1.29 is 33.0 Å². The Morgan fingerprint density at radius 1 is 1.24 bits per heavy atom. The SMILES string of the molecule is COC(=O)[C@H](CC(=O)O)NC(=O)Cc1cc(F)cc(F)c1. The summed E-state index contributed by atoms with van der Waals surface area (Å²) in [5.74, 6) is -4.66. The van der Waals surface area contributed by atoms with Gasteiger partial charge in [-0.15, -0.1) is 0 Å². The Kier molecular flexibility index (Phi) is 5.77. The summed E-state index contributed by atoms with van der Waals surface area (Å²) in [4.78, 5) is 33.6. The zero-order chi connectivity index (χ0) is 16.0. The van der Waals surface area contributed by atoms with Crippen molar-refractivity contribution in [2.24, 2.45) is 0 Å². The monoisotopic (exact) mass is 301 g/mol. The third-order valence-corrected chi connectivity index (χ3v) is 2.49. The van der Waals surface area contributed by atoms with Crippen LogP contribution in [0.3, 0.4) is 0 Å². The topological polar surface area (TPSA) is 92.7 Å². The second-order valence-corrected chi connectivity index (χ2v) is 4.20. The first-order chi connectivity index (χ1) is 9.81. The number of halogens is 2. The first-order valence-corrected chi connectivity index (χ1v) is 5.85. The molecule has 1 aromatic rings. The van der Waals surface area contributed by atoms with Crippen molar-refractivity contribution >= 4 is 17.8 Å². The van der Waals surface area contributed by atoms with Gasteiger partial charge in [-0.2, -0.15) is 0 Å². The second-order valence-electron chi connectivity index (χ2n) is 4.20. The van der Waals surface area contributed by atoms with Gasteiger partial charge in [-0.05, 0) is 17.7 Å². The van der Waals surface area contributed by atoms with Gasteiger partial charge < -0.3 is 15.2 Å². The summed E-state index contributed by atoms with van der Waals surface area (Å²) < 4.78 is 30.3. The number of aliphatic carboxylic acids is 1. The van der Waals surface area contributed by atoms with E-state index in [1.807, 2.05) is 0 Å². The summed E-state index contributed by atoms with van der Waals surface area (Å²) in [6, 6.07) is 1.22. The molecule has 21 heavy (non-hydrogen) atoms. The van der Waals surface area contributed by atoms with Crippen LogP contribution < -0.4 is 5.32 Å². The number of rotatable bonds is 6. The Morgan fingerprint density at radius 3 is 2.29 bits per heavy atom. The van der Waals surface area contributed by atoms with E-state index >= 15 is 0 Å². The molecule has 0 aliphatic rings. The van der Waals surface area contributed by atoms with Crippen molar-refractivity contribution in [3.63, 3.8) is 0 Å². The number of amides is 1. The average Bonchev–Trinajstić information content (AvgIpc) is 2.34. The van der Waals surface area contributed by atoms with E-state index in [1.165, 1.54) is 0 Å². The minimum absolute atomic E-state index is 0.0592. The first-order valence-electron chi connectivity index (χ1n) is 5.85. The third-order valence-electron chi connectivity index (χ3n) is 2.49. The molecule has 1 rings (SSSR count). The lowest BCUT2D eigenvalue weighted by atomic mass is 10.1. The minimum atomic E-state index is -1.36. The normalized spacial score (nSPS) is 11.6. The highest BCUT2D eigenvalue weighted by Crippen LogP contribution is 2.09. The molecule has 0 saturated heterocycles. The molecule has 1 atom stereocenters. The number of hydrogen-bond acceptors (Lipinski definition) is 4. The van der Waals surface area contributed by atoms with Gasteiger partial charge in [-0.3, -0.25) is 9.59 Å². The zero-order valence-electron chi connectivity index (χ0n) is 11.1. The number of carboxylic acid groups (broad SMARTS) is 1. The molecule has 0 aliphatic heterocycles. The number of nitrogens with one attached hydrogen (secondary N) is 1. The van der Waals surface area contributed by atoms with Crippen LogP contribution in [0.2, 0.25) is 0 Å². The number of hydrogen-bond donors (Lipinski definition) is 2. The summed E-state index contributed by atoms with van der Waals surface area (Å²) in [5, 5.41) is 10.8. The summed E-state index contributed by atoms with van der Waals surface area (Å²) >= 11 is 0. The van der Waals surface area contributed by atoms with Crippen LogP contribution in [0.15, 0.2) is 18.2 Å². The van der Waals surface area contributed by atoms with E-state index in [4.69, 9.17) is 5.11 Å². The molecule has 0 heterocycles. The number of benzene rings is 1. The van der Waals surface area contributed by atoms with Crippen molar-refractivity contribution in [3.8, 4) is 0 Å². The predicted molar refractivity (Wildman–Crippen MR) is 66.3 cm³/mol. The van der Waals surface area contributed by atoms with E-state index in [2.05, 4.69) is 10.1 Å². The molecule has 0 fully saturated rings. The lowest BCUT2D eigenvalue weighted by Crippen LogP contribution is -2.43. The van der Waals surface area contributed by atoms with Crippen molar-refractivity contribution in [3.05, 3.63) is 35.4 Å². The molecule has 0 saturated carbocycles. The van der Waals surface area contributed by atoms with Crippen LogP contribution in [0, 0.1) is 11.6 Å². The molecule has 0 aromatic heterocycles. The summed E-state index contributed by atoms with van der Waals surface area (Å²) in [7, 11) is 1.05. The van der Waals surface area contributed by atoms with Crippen LogP contribution in [0.25, 0.3) is 0 Å². The van der Waals surface area contributed by atoms with Crippen LogP contribution >= 0.6 is 0 Å². The Morgan fingerprint density at radius 2 is 1.81 bits per heavy atom. The molecule has 1 aromatic carbocycles. The Balaban J connectivity index is 2.73. The molecule has 114 valence electrons. The van der Waals surface area contributed by atoms with E-state index < -0.39 is 48.4 Å². The van der Waals surface area contributed by atoms with Crippen molar-refractivity contribution in [2.45, 2.75) is 18.9 Å². The number of carbonyl (C=O) groups is 3. The van der Waals surface area contributed by atoms with E-state index in [-0.39, 0.29) is 5.56 Å². The fourth-order valence-electron chi connectivity index (χ4n) is 1.65. The van der Waals surface area contributed by atoms with Gasteiger partial charge in [0.05, 0.1) is 20.0 Å². The molecule has 0 aliphatic carbocycles. The lowest BCUT2D eigenvalue weighted by Gasteiger charge is -2.14. The number of carboxylic acids is 1. The van der Waals surface area contributed by atoms with Gasteiger partial charge in [0.25, 0.3) is 0 Å². The van der Waals surface area contributed by atoms with Crippen LogP contribution in [-0.2, 0) is 25.5 Å². The van der Waals surface area contributed by atoms with Gasteiger partial charge in [0.2, 0.25) is 5.91 Å². The Labute approximate surface area is 118 Å². The van der Waals surface area contributed by atoms with Crippen LogP contribution in [0.5, 0.6) is 0 Å². The number of esters is 1. The van der Waals surface area contributed by atoms with Crippen molar-refractivity contribution in [1.82, 2.24) is 5.32 Å². The van der Waals surface area contributed by atoms with Gasteiger partial charge in [-0.25, -0.2) is 13.6 Å². The second kappa shape index (κ2) is 7.32. The van der Waals surface area contributed by atoms with Crippen LogP contribution in [-0.4, -0.2) is 36.1 Å². The highest BCUT2D eigenvalue weighted by molar-refractivity contribution is 5.88. The standard InChI is InChI=1S/C13H13F2NO5/c1-21-13(20)10(6-12(18)19)16-11(17)4-7-2-8(14)5-9(15)3-7/h2-3,5,10H,4,6H2,1H3,(H,16,17)(H,18,19)/t10-/m0/s1. The quantitative estimate of drug-likeness (QED) is 0.752. The van der Waals surface area contributed by atoms with Crippen LogP contribution in [0.4, 0.5) is 8.78 Å². The van der Waals surface area contributed by atoms with E-state index in [0.29, 0.717) is 6.07 Å².